The van der Waals surface area contributed by atoms with Gasteiger partial charge in [0.15, 0.2) is 0 Å². The standard InChI is InChI=1S/C13H20N6/c1-9(2)13-16-15-12(19(13)11-4-5-11)8-10(3)18-7-6-14-17-18/h6-7,9-11H,4-5,8H2,1-3H3. The summed E-state index contributed by atoms with van der Waals surface area (Å²) >= 11 is 0. The molecule has 0 spiro atoms. The molecule has 0 aromatic carbocycles. The molecule has 6 nitrogen and oxygen atoms in total. The largest absolute Gasteiger partial charge is 0.312 e. The number of rotatable bonds is 5. The molecule has 102 valence electrons. The van der Waals surface area contributed by atoms with Gasteiger partial charge in [0, 0.05) is 24.6 Å². The second-order valence-electron chi connectivity index (χ2n) is 5.67. The predicted octanol–water partition coefficient (Wildman–Crippen LogP) is 2.13. The molecule has 0 radical (unpaired) electrons. The highest BCUT2D eigenvalue weighted by atomic mass is 15.4. The molecule has 0 amide bonds. The smallest absolute Gasteiger partial charge is 0.135 e. The lowest BCUT2D eigenvalue weighted by Crippen LogP contribution is -2.14. The zero-order chi connectivity index (χ0) is 13.4. The number of hydrogen-bond acceptors (Lipinski definition) is 4. The molecule has 1 aliphatic rings. The SMILES string of the molecule is CC(C)c1nnc(CC(C)n2ccnn2)n1C1CC1. The zero-order valence-corrected chi connectivity index (χ0v) is 11.7. The fourth-order valence-corrected chi connectivity index (χ4v) is 2.41. The molecular weight excluding hydrogens is 240 g/mol. The van der Waals surface area contributed by atoms with Crippen molar-refractivity contribution in [3.05, 3.63) is 24.0 Å². The molecule has 2 aromatic rings. The maximum Gasteiger partial charge on any atom is 0.135 e. The lowest BCUT2D eigenvalue weighted by atomic mass is 10.2. The lowest BCUT2D eigenvalue weighted by molar-refractivity contribution is 0.453. The molecule has 0 N–H and O–H groups in total. The van der Waals surface area contributed by atoms with Gasteiger partial charge in [-0.15, -0.1) is 15.3 Å². The average molecular weight is 260 g/mol. The van der Waals surface area contributed by atoms with E-state index in [-0.39, 0.29) is 6.04 Å². The van der Waals surface area contributed by atoms with Crippen LogP contribution >= 0.6 is 0 Å². The summed E-state index contributed by atoms with van der Waals surface area (Å²) in [6.07, 6.45) is 6.96. The molecule has 19 heavy (non-hydrogen) atoms. The van der Waals surface area contributed by atoms with E-state index in [1.807, 2.05) is 10.9 Å². The van der Waals surface area contributed by atoms with Gasteiger partial charge < -0.3 is 4.57 Å². The molecule has 1 saturated carbocycles. The molecule has 1 atom stereocenters. The number of nitrogens with zero attached hydrogens (tertiary/aromatic N) is 6. The topological polar surface area (TPSA) is 61.4 Å². The molecule has 1 fully saturated rings. The van der Waals surface area contributed by atoms with E-state index in [0.717, 1.165) is 18.1 Å². The van der Waals surface area contributed by atoms with Crippen LogP contribution in [0.2, 0.25) is 0 Å². The van der Waals surface area contributed by atoms with Gasteiger partial charge in [0.1, 0.15) is 11.6 Å². The first-order valence-electron chi connectivity index (χ1n) is 6.96. The highest BCUT2D eigenvalue weighted by molar-refractivity contribution is 5.06. The Hall–Kier alpha value is -1.72. The average Bonchev–Trinajstić information content (AvgIpc) is 2.92. The van der Waals surface area contributed by atoms with Crippen LogP contribution in [-0.2, 0) is 6.42 Å². The van der Waals surface area contributed by atoms with Crippen molar-refractivity contribution in [3.8, 4) is 0 Å². The molecule has 0 saturated heterocycles. The van der Waals surface area contributed by atoms with Gasteiger partial charge in [0.05, 0.1) is 12.2 Å². The van der Waals surface area contributed by atoms with Crippen molar-refractivity contribution in [1.29, 1.82) is 0 Å². The minimum absolute atomic E-state index is 0.254. The van der Waals surface area contributed by atoms with E-state index in [0.29, 0.717) is 12.0 Å². The summed E-state index contributed by atoms with van der Waals surface area (Å²) in [5, 5.41) is 16.7. The molecule has 3 rings (SSSR count). The van der Waals surface area contributed by atoms with E-state index in [1.54, 1.807) is 6.20 Å². The summed E-state index contributed by atoms with van der Waals surface area (Å²) in [5.41, 5.74) is 0. The van der Waals surface area contributed by atoms with Crippen LogP contribution in [0.4, 0.5) is 0 Å². The second kappa shape index (κ2) is 4.75. The highest BCUT2D eigenvalue weighted by Crippen LogP contribution is 2.38. The van der Waals surface area contributed by atoms with Gasteiger partial charge in [-0.2, -0.15) is 0 Å². The third-order valence-corrected chi connectivity index (χ3v) is 3.59. The number of hydrogen-bond donors (Lipinski definition) is 0. The van der Waals surface area contributed by atoms with Crippen molar-refractivity contribution in [2.75, 3.05) is 0 Å². The van der Waals surface area contributed by atoms with Gasteiger partial charge >= 0.3 is 0 Å². The Morgan fingerprint density at radius 3 is 2.63 bits per heavy atom. The van der Waals surface area contributed by atoms with Crippen LogP contribution in [-0.4, -0.2) is 29.8 Å². The summed E-state index contributed by atoms with van der Waals surface area (Å²) in [7, 11) is 0. The lowest BCUT2D eigenvalue weighted by Gasteiger charge is -2.14. The van der Waals surface area contributed by atoms with Gasteiger partial charge in [0.25, 0.3) is 0 Å². The van der Waals surface area contributed by atoms with E-state index in [2.05, 4.69) is 45.8 Å². The summed E-state index contributed by atoms with van der Waals surface area (Å²) in [6.45, 7) is 6.48. The van der Waals surface area contributed by atoms with Crippen LogP contribution in [0.3, 0.4) is 0 Å². The van der Waals surface area contributed by atoms with Crippen molar-refractivity contribution in [2.45, 2.75) is 58.0 Å². The van der Waals surface area contributed by atoms with E-state index in [4.69, 9.17) is 0 Å². The van der Waals surface area contributed by atoms with Crippen LogP contribution in [0.15, 0.2) is 12.4 Å². The first kappa shape index (κ1) is 12.3. The van der Waals surface area contributed by atoms with Crippen molar-refractivity contribution in [3.63, 3.8) is 0 Å². The summed E-state index contributed by atoms with van der Waals surface area (Å²) in [4.78, 5) is 0. The van der Waals surface area contributed by atoms with Crippen molar-refractivity contribution < 1.29 is 0 Å². The summed E-state index contributed by atoms with van der Waals surface area (Å²) < 4.78 is 4.22. The molecule has 2 aromatic heterocycles. The Morgan fingerprint density at radius 1 is 1.26 bits per heavy atom. The third kappa shape index (κ3) is 2.39. The van der Waals surface area contributed by atoms with Gasteiger partial charge in [-0.3, -0.25) is 0 Å². The van der Waals surface area contributed by atoms with Crippen LogP contribution in [0.1, 0.15) is 63.3 Å². The normalized spacial score (nSPS) is 17.1. The second-order valence-corrected chi connectivity index (χ2v) is 5.67. The predicted molar refractivity (Wildman–Crippen MR) is 70.8 cm³/mol. The molecule has 2 heterocycles. The molecule has 1 unspecified atom stereocenters. The first-order chi connectivity index (χ1) is 9.16. The summed E-state index contributed by atoms with van der Waals surface area (Å²) in [5.74, 6) is 2.61. The maximum absolute atomic E-state index is 4.40. The quantitative estimate of drug-likeness (QED) is 0.826. The number of aromatic nitrogens is 6. The van der Waals surface area contributed by atoms with Crippen LogP contribution < -0.4 is 0 Å². The van der Waals surface area contributed by atoms with Crippen LogP contribution in [0.25, 0.3) is 0 Å². The van der Waals surface area contributed by atoms with Crippen molar-refractivity contribution >= 4 is 0 Å². The third-order valence-electron chi connectivity index (χ3n) is 3.59. The first-order valence-corrected chi connectivity index (χ1v) is 6.96. The van der Waals surface area contributed by atoms with Gasteiger partial charge in [-0.25, -0.2) is 4.68 Å². The van der Waals surface area contributed by atoms with Crippen molar-refractivity contribution in [1.82, 2.24) is 29.8 Å². The van der Waals surface area contributed by atoms with Crippen LogP contribution in [0, 0.1) is 0 Å². The zero-order valence-electron chi connectivity index (χ0n) is 11.7. The minimum Gasteiger partial charge on any atom is -0.312 e. The molecule has 0 aliphatic heterocycles. The highest BCUT2D eigenvalue weighted by Gasteiger charge is 2.30. The fourth-order valence-electron chi connectivity index (χ4n) is 2.41. The Kier molecular flexibility index (Phi) is 3.08. The Balaban J connectivity index is 1.84. The van der Waals surface area contributed by atoms with Crippen LogP contribution in [0.5, 0.6) is 0 Å². The summed E-state index contributed by atoms with van der Waals surface area (Å²) in [6, 6.07) is 0.870. The van der Waals surface area contributed by atoms with Crippen molar-refractivity contribution in [2.24, 2.45) is 0 Å². The minimum atomic E-state index is 0.254. The fraction of sp³-hybridized carbons (Fsp3) is 0.692. The van der Waals surface area contributed by atoms with Gasteiger partial charge in [-0.05, 0) is 19.8 Å². The molecule has 0 bridgehead atoms. The Bertz CT molecular complexity index is 537. The monoisotopic (exact) mass is 260 g/mol. The maximum atomic E-state index is 4.40. The van der Waals surface area contributed by atoms with E-state index < -0.39 is 0 Å². The van der Waals surface area contributed by atoms with Gasteiger partial charge in [-0.1, -0.05) is 19.1 Å². The molecule has 1 aliphatic carbocycles. The van der Waals surface area contributed by atoms with E-state index in [9.17, 15) is 0 Å². The molecule has 6 heteroatoms. The Labute approximate surface area is 112 Å². The Morgan fingerprint density at radius 2 is 2.05 bits per heavy atom. The van der Waals surface area contributed by atoms with E-state index >= 15 is 0 Å². The molecular formula is C13H20N6. The van der Waals surface area contributed by atoms with E-state index in [1.165, 1.54) is 12.8 Å². The van der Waals surface area contributed by atoms with Gasteiger partial charge in [0.2, 0.25) is 0 Å².